The van der Waals surface area contributed by atoms with Gasteiger partial charge in [-0.05, 0) is 12.5 Å². The number of thioether (sulfide) groups is 2. The molecular weight excluding hydrogens is 314 g/mol. The molecule has 3 N–H and O–H groups in total. The van der Waals surface area contributed by atoms with E-state index in [4.69, 9.17) is 10.2 Å². The molecule has 3 rings (SSSR count). The molecule has 1 saturated heterocycles. The van der Waals surface area contributed by atoms with Gasteiger partial charge in [-0.1, -0.05) is 11.8 Å². The molecule has 0 spiro atoms. The van der Waals surface area contributed by atoms with E-state index in [-0.39, 0.29) is 17.0 Å². The second-order valence-electron chi connectivity index (χ2n) is 4.71. The number of carboxylic acids is 1. The number of amides is 1. The van der Waals surface area contributed by atoms with Crippen LogP contribution in [0.5, 0.6) is 0 Å². The first kappa shape index (κ1) is 14.5. The zero-order valence-corrected chi connectivity index (χ0v) is 12.7. The Morgan fingerprint density at radius 1 is 1.71 bits per heavy atom. The fraction of sp³-hybridized carbons (Fsp3) is 0.417. The average molecular weight is 327 g/mol. The van der Waals surface area contributed by atoms with Crippen molar-refractivity contribution in [2.45, 2.75) is 23.4 Å². The topological polar surface area (TPSA) is 110 Å². The number of carbonyl (C=O) groups is 2. The number of oxazole rings is 1. The Hall–Kier alpha value is -1.45. The summed E-state index contributed by atoms with van der Waals surface area (Å²) < 4.78 is 5.23. The third-order valence-electron chi connectivity index (χ3n) is 3.37. The van der Waals surface area contributed by atoms with Crippen LogP contribution in [0.3, 0.4) is 0 Å². The number of hydrogen-bond acceptors (Lipinski definition) is 7. The summed E-state index contributed by atoms with van der Waals surface area (Å²) in [5.74, 6) is -0.436. The molecule has 1 aromatic rings. The van der Waals surface area contributed by atoms with E-state index in [1.807, 2.05) is 6.92 Å². The largest absolute Gasteiger partial charge is 0.477 e. The summed E-state index contributed by atoms with van der Waals surface area (Å²) >= 11 is 2.87. The van der Waals surface area contributed by atoms with Gasteiger partial charge in [0.05, 0.1) is 5.69 Å². The van der Waals surface area contributed by atoms with Crippen molar-refractivity contribution >= 4 is 35.4 Å². The molecule has 3 heterocycles. The van der Waals surface area contributed by atoms with Gasteiger partial charge in [0.25, 0.3) is 0 Å². The van der Waals surface area contributed by atoms with Gasteiger partial charge >= 0.3 is 5.97 Å². The maximum atomic E-state index is 11.8. The van der Waals surface area contributed by atoms with Crippen molar-refractivity contribution in [3.8, 4) is 0 Å². The lowest BCUT2D eigenvalue weighted by Gasteiger charge is -2.48. The highest BCUT2D eigenvalue weighted by atomic mass is 32.2. The zero-order valence-electron chi connectivity index (χ0n) is 11.1. The van der Waals surface area contributed by atoms with E-state index in [2.05, 4.69) is 4.98 Å². The lowest BCUT2D eigenvalue weighted by Crippen LogP contribution is -2.68. The van der Waals surface area contributed by atoms with Gasteiger partial charge in [0, 0.05) is 11.5 Å². The number of aliphatic carboxylic acids is 1. The fourth-order valence-electron chi connectivity index (χ4n) is 2.27. The van der Waals surface area contributed by atoms with Crippen molar-refractivity contribution in [1.29, 1.82) is 0 Å². The number of rotatable bonds is 4. The zero-order chi connectivity index (χ0) is 15.1. The van der Waals surface area contributed by atoms with E-state index in [0.29, 0.717) is 22.2 Å². The fourth-order valence-corrected chi connectivity index (χ4v) is 4.61. The first-order chi connectivity index (χ1) is 10.0. The lowest BCUT2D eigenvalue weighted by molar-refractivity contribution is -0.147. The minimum atomic E-state index is -1.09. The molecule has 2 aliphatic heterocycles. The van der Waals surface area contributed by atoms with Crippen LogP contribution in [0.1, 0.15) is 5.69 Å². The summed E-state index contributed by atoms with van der Waals surface area (Å²) in [6.07, 6.45) is 1.35. The highest BCUT2D eigenvalue weighted by molar-refractivity contribution is 8.01. The van der Waals surface area contributed by atoms with Crippen LogP contribution in [0.2, 0.25) is 0 Å². The minimum Gasteiger partial charge on any atom is -0.477 e. The van der Waals surface area contributed by atoms with Gasteiger partial charge in [0.2, 0.25) is 5.91 Å². The molecule has 1 aromatic heterocycles. The van der Waals surface area contributed by atoms with Crippen LogP contribution in [0.15, 0.2) is 27.2 Å². The van der Waals surface area contributed by atoms with Crippen LogP contribution in [-0.4, -0.2) is 49.8 Å². The Morgan fingerprint density at radius 2 is 2.48 bits per heavy atom. The molecule has 112 valence electrons. The normalized spacial score (nSPS) is 24.9. The van der Waals surface area contributed by atoms with Gasteiger partial charge in [0.15, 0.2) is 11.5 Å². The predicted octanol–water partition coefficient (Wildman–Crippen LogP) is 0.656. The number of carboxylic acid groups (broad SMARTS) is 1. The second kappa shape index (κ2) is 5.39. The van der Waals surface area contributed by atoms with Gasteiger partial charge < -0.3 is 15.3 Å². The van der Waals surface area contributed by atoms with E-state index < -0.39 is 12.0 Å². The van der Waals surface area contributed by atoms with Crippen molar-refractivity contribution in [2.24, 2.45) is 5.73 Å². The molecule has 2 atom stereocenters. The molecule has 0 aromatic carbocycles. The number of carbonyl (C=O) groups excluding carboxylic acids is 1. The van der Waals surface area contributed by atoms with Gasteiger partial charge in [-0.3, -0.25) is 9.69 Å². The number of hydrogen-bond donors (Lipinski definition) is 2. The second-order valence-corrected chi connectivity index (χ2v) is 6.76. The Morgan fingerprint density at radius 3 is 3.10 bits per heavy atom. The van der Waals surface area contributed by atoms with Crippen molar-refractivity contribution in [2.75, 3.05) is 11.5 Å². The quantitative estimate of drug-likeness (QED) is 0.613. The van der Waals surface area contributed by atoms with Gasteiger partial charge in [-0.25, -0.2) is 9.78 Å². The van der Waals surface area contributed by atoms with Crippen LogP contribution in [0, 0.1) is 6.92 Å². The van der Waals surface area contributed by atoms with Gasteiger partial charge in [-0.15, -0.1) is 11.8 Å². The number of β-lactam (4-membered cyclic amide) rings is 1. The molecular formula is C12H13N3O4S2. The highest BCUT2D eigenvalue weighted by Gasteiger charge is 2.51. The molecule has 0 bridgehead atoms. The van der Waals surface area contributed by atoms with E-state index in [1.165, 1.54) is 34.8 Å². The van der Waals surface area contributed by atoms with Gasteiger partial charge in [0.1, 0.15) is 17.1 Å². The molecule has 1 unspecified atom stereocenters. The molecule has 2 aliphatic rings. The minimum absolute atomic E-state index is 0.0649. The van der Waals surface area contributed by atoms with E-state index in [0.717, 1.165) is 5.69 Å². The summed E-state index contributed by atoms with van der Waals surface area (Å²) in [6.45, 7) is 1.82. The monoisotopic (exact) mass is 327 g/mol. The molecule has 7 nitrogen and oxygen atoms in total. The Balaban J connectivity index is 1.83. The molecule has 9 heteroatoms. The standard InChI is InChI=1S/C12H13N3O4S2/c1-5-12(19-4-14-5)21-3-6-2-20-10-7(13)9(16)15(10)8(6)11(17)18/h4,7,10H,2-3,13H2,1H3,(H,17,18)/t7?,10-/m1/s1. The maximum Gasteiger partial charge on any atom is 0.352 e. The van der Waals surface area contributed by atoms with Gasteiger partial charge in [-0.2, -0.15) is 0 Å². The smallest absolute Gasteiger partial charge is 0.352 e. The molecule has 0 aliphatic carbocycles. The molecule has 1 fully saturated rings. The third kappa shape index (κ3) is 2.34. The van der Waals surface area contributed by atoms with E-state index in [1.54, 1.807) is 0 Å². The first-order valence-electron chi connectivity index (χ1n) is 6.19. The van der Waals surface area contributed by atoms with Crippen LogP contribution in [-0.2, 0) is 9.59 Å². The molecule has 1 amide bonds. The third-order valence-corrected chi connectivity index (χ3v) is 5.88. The summed E-state index contributed by atoms with van der Waals surface area (Å²) in [4.78, 5) is 28.6. The summed E-state index contributed by atoms with van der Waals surface area (Å²) in [7, 11) is 0. The lowest BCUT2D eigenvalue weighted by atomic mass is 10.0. The van der Waals surface area contributed by atoms with Crippen LogP contribution in [0.25, 0.3) is 0 Å². The first-order valence-corrected chi connectivity index (χ1v) is 8.22. The summed E-state index contributed by atoms with van der Waals surface area (Å²) in [5, 5.41) is 9.80. The highest BCUT2D eigenvalue weighted by Crippen LogP contribution is 2.40. The Bertz CT molecular complexity index is 642. The van der Waals surface area contributed by atoms with Crippen molar-refractivity contribution in [3.05, 3.63) is 23.4 Å². The average Bonchev–Trinajstić information content (AvgIpc) is 2.88. The van der Waals surface area contributed by atoms with Crippen molar-refractivity contribution in [1.82, 2.24) is 9.88 Å². The Kier molecular flexibility index (Phi) is 3.72. The SMILES string of the molecule is Cc1ncoc1SCC1=C(C(=O)O)N2C(=O)C(N)[C@H]2SC1. The van der Waals surface area contributed by atoms with Crippen molar-refractivity contribution < 1.29 is 19.1 Å². The summed E-state index contributed by atoms with van der Waals surface area (Å²) in [6, 6.07) is -0.602. The number of fused-ring (bicyclic) bond motifs is 1. The molecule has 0 saturated carbocycles. The predicted molar refractivity (Wildman–Crippen MR) is 77.7 cm³/mol. The van der Waals surface area contributed by atoms with E-state index in [9.17, 15) is 14.7 Å². The Labute approximate surface area is 128 Å². The number of nitrogens with zero attached hydrogens (tertiary/aromatic N) is 2. The number of nitrogens with two attached hydrogens (primary N) is 1. The van der Waals surface area contributed by atoms with E-state index >= 15 is 0 Å². The maximum absolute atomic E-state index is 11.8. The molecule has 0 radical (unpaired) electrons. The van der Waals surface area contributed by atoms with Crippen LogP contribution >= 0.6 is 23.5 Å². The number of aryl methyl sites for hydroxylation is 1. The van der Waals surface area contributed by atoms with Crippen LogP contribution in [0.4, 0.5) is 0 Å². The summed E-state index contributed by atoms with van der Waals surface area (Å²) in [5.41, 5.74) is 7.23. The van der Waals surface area contributed by atoms with Crippen LogP contribution < -0.4 is 5.73 Å². The molecule has 21 heavy (non-hydrogen) atoms. The van der Waals surface area contributed by atoms with Crippen molar-refractivity contribution in [3.63, 3.8) is 0 Å². The number of aromatic nitrogens is 1.